The van der Waals surface area contributed by atoms with Crippen LogP contribution < -0.4 is 4.74 Å². The van der Waals surface area contributed by atoms with Crippen molar-refractivity contribution in [2.45, 2.75) is 19.3 Å². The van der Waals surface area contributed by atoms with Crippen molar-refractivity contribution in [1.82, 2.24) is 14.8 Å². The molecule has 2 heterocycles. The molecule has 0 bridgehead atoms. The lowest BCUT2D eigenvalue weighted by atomic mass is 10.1. The number of carbonyl (C=O) groups excluding carboxylic acids is 1. The van der Waals surface area contributed by atoms with Crippen LogP contribution in [0.3, 0.4) is 0 Å². The minimum atomic E-state index is -4.76. The normalized spacial score (nSPS) is 21.5. The van der Waals surface area contributed by atoms with Crippen LogP contribution in [0.5, 0.6) is 5.75 Å². The van der Waals surface area contributed by atoms with Crippen LogP contribution in [0.2, 0.25) is 0 Å². The summed E-state index contributed by atoms with van der Waals surface area (Å²) in [5.41, 5.74) is 3.90. The Bertz CT molecular complexity index is 1130. The molecule has 2 aromatic carbocycles. The predicted molar refractivity (Wildman–Crippen MR) is 127 cm³/mol. The topological polar surface area (TPSA) is 45.7 Å². The summed E-state index contributed by atoms with van der Waals surface area (Å²) in [6, 6.07) is 16.3. The van der Waals surface area contributed by atoms with E-state index in [4.69, 9.17) is 0 Å². The number of halogens is 3. The molecule has 184 valence electrons. The van der Waals surface area contributed by atoms with Crippen molar-refractivity contribution in [1.29, 1.82) is 0 Å². The number of rotatable bonds is 9. The van der Waals surface area contributed by atoms with Gasteiger partial charge in [-0.2, -0.15) is 0 Å². The van der Waals surface area contributed by atoms with Crippen LogP contribution in [0.15, 0.2) is 65.5 Å². The molecule has 1 aliphatic heterocycles. The van der Waals surface area contributed by atoms with E-state index in [9.17, 15) is 18.0 Å². The van der Waals surface area contributed by atoms with E-state index in [1.807, 2.05) is 6.07 Å². The lowest BCUT2D eigenvalue weighted by Gasteiger charge is -2.25. The standard InChI is InChI=1S/C26H26F3N3O2S/c27-26(28,29)34-20-8-4-7-19(11-20)12-32(25(33)24-16-35-17-30-24)15-23-21-13-31(14-22(21)23)10-9-18-5-2-1-3-6-18/h1-8,11,16-17,21-23H,9-10,12-15H2. The maximum Gasteiger partial charge on any atom is 0.573 e. The highest BCUT2D eigenvalue weighted by Gasteiger charge is 2.55. The van der Waals surface area contributed by atoms with E-state index >= 15 is 0 Å². The number of aromatic nitrogens is 1. The number of carbonyl (C=O) groups is 1. The first-order valence-electron chi connectivity index (χ1n) is 11.6. The van der Waals surface area contributed by atoms with Crippen molar-refractivity contribution in [2.75, 3.05) is 26.2 Å². The van der Waals surface area contributed by atoms with Crippen LogP contribution in [0.4, 0.5) is 13.2 Å². The molecule has 5 nitrogen and oxygen atoms in total. The van der Waals surface area contributed by atoms with Crippen molar-refractivity contribution in [3.8, 4) is 5.75 Å². The fraction of sp³-hybridized carbons (Fsp3) is 0.385. The smallest absolute Gasteiger partial charge is 0.406 e. The average Bonchev–Trinajstić information content (AvgIpc) is 3.22. The van der Waals surface area contributed by atoms with Gasteiger partial charge in [0.1, 0.15) is 11.4 Å². The van der Waals surface area contributed by atoms with Crippen LogP contribution in [0, 0.1) is 17.8 Å². The Morgan fingerprint density at radius 1 is 1.09 bits per heavy atom. The first-order chi connectivity index (χ1) is 16.9. The average molecular weight is 502 g/mol. The highest BCUT2D eigenvalue weighted by molar-refractivity contribution is 7.07. The van der Waals surface area contributed by atoms with E-state index in [1.165, 1.54) is 35.1 Å². The SMILES string of the molecule is O=C(c1cscn1)N(Cc1cccc(OC(F)(F)F)c1)CC1C2CN(CCc3ccccc3)CC21. The van der Waals surface area contributed by atoms with Gasteiger partial charge in [-0.3, -0.25) is 4.79 Å². The van der Waals surface area contributed by atoms with E-state index in [1.54, 1.807) is 21.9 Å². The molecule has 1 saturated carbocycles. The molecule has 5 rings (SSSR count). The van der Waals surface area contributed by atoms with Gasteiger partial charge in [-0.15, -0.1) is 24.5 Å². The maximum atomic E-state index is 13.2. The lowest BCUT2D eigenvalue weighted by Crippen LogP contribution is -2.35. The third-order valence-corrected chi connectivity index (χ3v) is 7.47. The van der Waals surface area contributed by atoms with Crippen LogP contribution >= 0.6 is 11.3 Å². The van der Waals surface area contributed by atoms with Gasteiger partial charge >= 0.3 is 6.36 Å². The maximum absolute atomic E-state index is 13.2. The van der Waals surface area contributed by atoms with Crippen molar-refractivity contribution < 1.29 is 22.7 Å². The van der Waals surface area contributed by atoms with Gasteiger partial charge < -0.3 is 14.5 Å². The second-order valence-corrected chi connectivity index (χ2v) is 9.96. The van der Waals surface area contributed by atoms with Crippen LogP contribution in [0.1, 0.15) is 21.6 Å². The van der Waals surface area contributed by atoms with E-state index < -0.39 is 6.36 Å². The molecule has 1 amide bonds. The number of thiazole rings is 1. The van der Waals surface area contributed by atoms with Crippen LogP contribution in [0.25, 0.3) is 0 Å². The summed E-state index contributed by atoms with van der Waals surface area (Å²) >= 11 is 1.35. The zero-order valence-electron chi connectivity index (χ0n) is 19.0. The largest absolute Gasteiger partial charge is 0.573 e. The molecule has 2 fully saturated rings. The third-order valence-electron chi connectivity index (χ3n) is 6.88. The number of nitrogens with zero attached hydrogens (tertiary/aromatic N) is 3. The Balaban J connectivity index is 1.21. The summed E-state index contributed by atoms with van der Waals surface area (Å²) in [5, 5.41) is 1.71. The molecule has 0 radical (unpaired) electrons. The number of hydrogen-bond acceptors (Lipinski definition) is 5. The van der Waals surface area contributed by atoms with E-state index in [-0.39, 0.29) is 18.2 Å². The van der Waals surface area contributed by atoms with E-state index in [0.717, 1.165) is 26.1 Å². The van der Waals surface area contributed by atoms with Gasteiger partial charge in [0.2, 0.25) is 0 Å². The Morgan fingerprint density at radius 2 is 1.83 bits per heavy atom. The molecule has 1 saturated heterocycles. The van der Waals surface area contributed by atoms with Gasteiger partial charge in [-0.25, -0.2) is 4.98 Å². The number of ether oxygens (including phenoxy) is 1. The molecule has 35 heavy (non-hydrogen) atoms. The second-order valence-electron chi connectivity index (χ2n) is 9.24. The molecule has 3 aromatic rings. The van der Waals surface area contributed by atoms with Crippen molar-refractivity contribution in [2.24, 2.45) is 17.8 Å². The summed E-state index contributed by atoms with van der Waals surface area (Å²) in [6.07, 6.45) is -3.73. The fourth-order valence-electron chi connectivity index (χ4n) is 5.14. The molecule has 2 atom stereocenters. The molecular formula is C26H26F3N3O2S. The van der Waals surface area contributed by atoms with Gasteiger partial charge in [-0.1, -0.05) is 42.5 Å². The van der Waals surface area contributed by atoms with Gasteiger partial charge in [-0.05, 0) is 47.4 Å². The number of benzene rings is 2. The molecule has 1 aromatic heterocycles. The van der Waals surface area contributed by atoms with E-state index in [0.29, 0.717) is 35.6 Å². The monoisotopic (exact) mass is 501 g/mol. The number of likely N-dealkylation sites (tertiary alicyclic amines) is 1. The molecule has 2 unspecified atom stereocenters. The molecule has 9 heteroatoms. The van der Waals surface area contributed by atoms with Crippen LogP contribution in [-0.4, -0.2) is 53.2 Å². The van der Waals surface area contributed by atoms with E-state index in [2.05, 4.69) is 38.9 Å². The zero-order chi connectivity index (χ0) is 24.4. The summed E-state index contributed by atoms with van der Waals surface area (Å²) in [7, 11) is 0. The third kappa shape index (κ3) is 6.02. The highest BCUT2D eigenvalue weighted by Crippen LogP contribution is 2.52. The van der Waals surface area contributed by atoms with Gasteiger partial charge in [0, 0.05) is 38.1 Å². The molecular weight excluding hydrogens is 475 g/mol. The van der Waals surface area contributed by atoms with Crippen molar-refractivity contribution in [3.63, 3.8) is 0 Å². The minimum Gasteiger partial charge on any atom is -0.406 e. The minimum absolute atomic E-state index is 0.195. The predicted octanol–water partition coefficient (Wildman–Crippen LogP) is 5.10. The second kappa shape index (κ2) is 9.99. The van der Waals surface area contributed by atoms with Gasteiger partial charge in [0.05, 0.1) is 5.51 Å². The molecule has 0 spiro atoms. The Hall–Kier alpha value is -2.91. The number of fused-ring (bicyclic) bond motifs is 1. The molecule has 1 aliphatic carbocycles. The number of alkyl halides is 3. The van der Waals surface area contributed by atoms with Gasteiger partial charge in [0.15, 0.2) is 0 Å². The Kier molecular flexibility index (Phi) is 6.80. The highest BCUT2D eigenvalue weighted by atomic mass is 32.1. The number of piperidine rings is 1. The summed E-state index contributed by atoms with van der Waals surface area (Å²) < 4.78 is 42.0. The molecule has 0 N–H and O–H groups in total. The van der Waals surface area contributed by atoms with Crippen LogP contribution in [-0.2, 0) is 13.0 Å². The molecule has 2 aliphatic rings. The van der Waals surface area contributed by atoms with Gasteiger partial charge in [0.25, 0.3) is 5.91 Å². The number of amides is 1. The van der Waals surface area contributed by atoms with Crippen molar-refractivity contribution >= 4 is 17.2 Å². The van der Waals surface area contributed by atoms with Crippen molar-refractivity contribution in [3.05, 3.63) is 82.3 Å². The first-order valence-corrected chi connectivity index (χ1v) is 12.6. The Labute approximate surface area is 206 Å². The Morgan fingerprint density at radius 3 is 2.51 bits per heavy atom. The first kappa shape index (κ1) is 23.8. The number of hydrogen-bond donors (Lipinski definition) is 0. The lowest BCUT2D eigenvalue weighted by molar-refractivity contribution is -0.274. The summed E-state index contributed by atoms with van der Waals surface area (Å²) in [5.74, 6) is 1.03. The quantitative estimate of drug-likeness (QED) is 0.409. The summed E-state index contributed by atoms with van der Waals surface area (Å²) in [4.78, 5) is 21.5. The summed E-state index contributed by atoms with van der Waals surface area (Å²) in [6.45, 7) is 3.85. The zero-order valence-corrected chi connectivity index (χ0v) is 19.8. The fourth-order valence-corrected chi connectivity index (χ4v) is 5.66.